The van der Waals surface area contributed by atoms with E-state index in [2.05, 4.69) is 228 Å². The summed E-state index contributed by atoms with van der Waals surface area (Å²) in [6, 6.07) is 79.2. The summed E-state index contributed by atoms with van der Waals surface area (Å²) in [6.45, 7) is 0. The summed E-state index contributed by atoms with van der Waals surface area (Å²) in [6.07, 6.45) is 0. The van der Waals surface area contributed by atoms with Crippen LogP contribution in [0, 0.1) is 0 Å². The first-order chi connectivity index (χ1) is 30.8. The van der Waals surface area contributed by atoms with E-state index in [1.54, 1.807) is 0 Å². The number of anilines is 3. The molecule has 0 N–H and O–H groups in total. The van der Waals surface area contributed by atoms with Crippen molar-refractivity contribution in [2.24, 2.45) is 0 Å². The summed E-state index contributed by atoms with van der Waals surface area (Å²) in [7, 11) is 0. The minimum atomic E-state index is 0.883. The molecule has 3 heterocycles. The van der Waals surface area contributed by atoms with Gasteiger partial charge in [-0.25, -0.2) is 0 Å². The minimum absolute atomic E-state index is 0.883. The van der Waals surface area contributed by atoms with Crippen LogP contribution in [0.2, 0.25) is 0 Å². The van der Waals surface area contributed by atoms with E-state index in [1.807, 2.05) is 11.3 Å². The Bertz CT molecular complexity index is 3830. The molecule has 0 aliphatic heterocycles. The van der Waals surface area contributed by atoms with Crippen LogP contribution in [0.1, 0.15) is 0 Å². The third kappa shape index (κ3) is 5.30. The summed E-state index contributed by atoms with van der Waals surface area (Å²) in [5.41, 5.74) is 13.3. The maximum absolute atomic E-state index is 6.71. The van der Waals surface area contributed by atoms with Crippen molar-refractivity contribution >= 4 is 103 Å². The van der Waals surface area contributed by atoms with Gasteiger partial charge >= 0.3 is 0 Å². The van der Waals surface area contributed by atoms with Crippen LogP contribution >= 0.6 is 11.3 Å². The zero-order valence-electron chi connectivity index (χ0n) is 33.5. The second-order valence-electron chi connectivity index (χ2n) is 16.0. The molecule has 10 aromatic carbocycles. The predicted molar refractivity (Wildman–Crippen MR) is 264 cm³/mol. The van der Waals surface area contributed by atoms with E-state index in [0.29, 0.717) is 0 Å². The average molecular weight is 809 g/mol. The Kier molecular flexibility index (Phi) is 7.78. The number of hydrogen-bond donors (Lipinski definition) is 0. The normalized spacial score (nSPS) is 11.9. The van der Waals surface area contributed by atoms with Crippen LogP contribution in [-0.2, 0) is 0 Å². The molecule has 0 atom stereocenters. The molecule has 0 unspecified atom stereocenters. The van der Waals surface area contributed by atoms with Crippen molar-refractivity contribution in [3.8, 4) is 27.9 Å². The van der Waals surface area contributed by atoms with Gasteiger partial charge in [-0.05, 0) is 94.9 Å². The molecule has 0 bridgehead atoms. The predicted octanol–water partition coefficient (Wildman–Crippen LogP) is 17.0. The number of rotatable bonds is 6. The van der Waals surface area contributed by atoms with Gasteiger partial charge in [-0.15, -0.1) is 11.3 Å². The van der Waals surface area contributed by atoms with Crippen LogP contribution in [0.15, 0.2) is 223 Å². The molecular weight excluding hydrogens is 773 g/mol. The fourth-order valence-corrected chi connectivity index (χ4v) is 11.0. The van der Waals surface area contributed by atoms with E-state index in [1.165, 1.54) is 52.9 Å². The van der Waals surface area contributed by atoms with Crippen molar-refractivity contribution in [1.29, 1.82) is 0 Å². The summed E-state index contributed by atoms with van der Waals surface area (Å²) in [4.78, 5) is 2.46. The lowest BCUT2D eigenvalue weighted by atomic mass is 9.95. The number of aromatic nitrogens is 1. The Hall–Kier alpha value is -7.92. The second kappa shape index (κ2) is 13.8. The molecule has 3 aromatic heterocycles. The van der Waals surface area contributed by atoms with Crippen molar-refractivity contribution in [2.45, 2.75) is 0 Å². The zero-order chi connectivity index (χ0) is 40.7. The first-order valence-electron chi connectivity index (χ1n) is 21.1. The maximum Gasteiger partial charge on any atom is 0.143 e. The standard InChI is InChI=1S/C58H36N2OS/c1-2-17-42-38(14-1)32-35-48-56-46(22-12-27-53(56)61-58(42)48)45-20-5-9-25-51(45)59(52-26-13-29-55-57(52)47-21-6-10-28-54(47)62-55)40-33-30-37(31-34-40)39-15-11-16-41(36-39)60-49-23-7-3-18-43(49)44-19-4-8-24-50(44)60/h1-36H. The zero-order valence-corrected chi connectivity index (χ0v) is 34.3. The Morgan fingerprint density at radius 2 is 1.05 bits per heavy atom. The third-order valence-electron chi connectivity index (χ3n) is 12.6. The molecule has 62 heavy (non-hydrogen) atoms. The Labute approximate surface area is 361 Å². The van der Waals surface area contributed by atoms with Crippen LogP contribution in [0.25, 0.3) is 103 Å². The monoisotopic (exact) mass is 808 g/mol. The first-order valence-corrected chi connectivity index (χ1v) is 21.9. The summed E-state index contributed by atoms with van der Waals surface area (Å²) in [5.74, 6) is 0. The van der Waals surface area contributed by atoms with Crippen molar-refractivity contribution in [1.82, 2.24) is 4.57 Å². The molecule has 0 radical (unpaired) electrons. The SMILES string of the molecule is c1cc(-c2ccc(N(c3ccccc3-c3cccc4oc5c6ccccc6ccc5c34)c3cccc4sc5ccccc5c34)cc2)cc(-n2c3ccccc3c3ccccc32)c1. The lowest BCUT2D eigenvalue weighted by Gasteiger charge is -2.29. The van der Waals surface area contributed by atoms with Gasteiger partial charge in [0.25, 0.3) is 0 Å². The van der Waals surface area contributed by atoms with Crippen molar-refractivity contribution in [3.63, 3.8) is 0 Å². The largest absolute Gasteiger partial charge is 0.455 e. The number of furan rings is 1. The van der Waals surface area contributed by atoms with Crippen LogP contribution in [-0.4, -0.2) is 4.57 Å². The fourth-order valence-electron chi connectivity index (χ4n) is 9.85. The van der Waals surface area contributed by atoms with Gasteiger partial charge in [0, 0.05) is 64.0 Å². The Morgan fingerprint density at radius 1 is 0.403 bits per heavy atom. The molecule has 3 nitrogen and oxygen atoms in total. The van der Waals surface area contributed by atoms with E-state index >= 15 is 0 Å². The number of nitrogens with zero attached hydrogens (tertiary/aromatic N) is 2. The number of para-hydroxylation sites is 3. The first kappa shape index (κ1) is 34.9. The average Bonchev–Trinajstić information content (AvgIpc) is 4.03. The van der Waals surface area contributed by atoms with E-state index in [0.717, 1.165) is 66.8 Å². The molecule has 4 heteroatoms. The molecule has 0 fully saturated rings. The van der Waals surface area contributed by atoms with Crippen molar-refractivity contribution in [2.75, 3.05) is 4.90 Å². The highest BCUT2D eigenvalue weighted by atomic mass is 32.1. The van der Waals surface area contributed by atoms with Crippen LogP contribution in [0.5, 0.6) is 0 Å². The van der Waals surface area contributed by atoms with Gasteiger partial charge in [-0.2, -0.15) is 0 Å². The second-order valence-corrected chi connectivity index (χ2v) is 17.1. The van der Waals surface area contributed by atoms with Gasteiger partial charge in [-0.1, -0.05) is 146 Å². The summed E-state index contributed by atoms with van der Waals surface area (Å²) >= 11 is 1.85. The fraction of sp³-hybridized carbons (Fsp3) is 0. The van der Waals surface area contributed by atoms with Crippen LogP contribution < -0.4 is 4.90 Å². The molecule has 0 aliphatic carbocycles. The Morgan fingerprint density at radius 3 is 1.89 bits per heavy atom. The molecule has 0 saturated carbocycles. The number of benzene rings is 10. The number of thiophene rings is 1. The van der Waals surface area contributed by atoms with Crippen LogP contribution in [0.4, 0.5) is 17.1 Å². The third-order valence-corrected chi connectivity index (χ3v) is 13.7. The highest BCUT2D eigenvalue weighted by molar-refractivity contribution is 7.26. The smallest absolute Gasteiger partial charge is 0.143 e. The quantitative estimate of drug-likeness (QED) is 0.167. The Balaban J connectivity index is 1.000. The van der Waals surface area contributed by atoms with E-state index in [-0.39, 0.29) is 0 Å². The summed E-state index contributed by atoms with van der Waals surface area (Å²) < 4.78 is 11.6. The molecule has 0 saturated heterocycles. The minimum Gasteiger partial charge on any atom is -0.455 e. The highest BCUT2D eigenvalue weighted by Crippen LogP contribution is 2.49. The number of hydrogen-bond acceptors (Lipinski definition) is 3. The summed E-state index contributed by atoms with van der Waals surface area (Å²) in [5, 5.41) is 9.58. The van der Waals surface area contributed by atoms with Crippen molar-refractivity contribution < 1.29 is 4.42 Å². The molecule has 290 valence electrons. The van der Waals surface area contributed by atoms with E-state index in [4.69, 9.17) is 4.42 Å². The molecule has 0 amide bonds. The molecule has 0 spiro atoms. The van der Waals surface area contributed by atoms with Gasteiger partial charge in [-0.3, -0.25) is 0 Å². The van der Waals surface area contributed by atoms with Crippen LogP contribution in [0.3, 0.4) is 0 Å². The molecule has 0 aliphatic rings. The highest BCUT2D eigenvalue weighted by Gasteiger charge is 2.23. The lowest BCUT2D eigenvalue weighted by molar-refractivity contribution is 0.673. The maximum atomic E-state index is 6.71. The van der Waals surface area contributed by atoms with Crippen molar-refractivity contribution in [3.05, 3.63) is 218 Å². The van der Waals surface area contributed by atoms with E-state index in [9.17, 15) is 0 Å². The number of fused-ring (bicyclic) bond motifs is 11. The van der Waals surface area contributed by atoms with Gasteiger partial charge < -0.3 is 13.9 Å². The molecular formula is C58H36N2OS. The van der Waals surface area contributed by atoms with Gasteiger partial charge in [0.15, 0.2) is 0 Å². The van der Waals surface area contributed by atoms with E-state index < -0.39 is 0 Å². The van der Waals surface area contributed by atoms with Gasteiger partial charge in [0.1, 0.15) is 11.2 Å². The van der Waals surface area contributed by atoms with Gasteiger partial charge in [0.2, 0.25) is 0 Å². The van der Waals surface area contributed by atoms with Gasteiger partial charge in [0.05, 0.1) is 22.4 Å². The molecule has 13 rings (SSSR count). The molecule has 13 aromatic rings. The topological polar surface area (TPSA) is 21.3 Å². The lowest BCUT2D eigenvalue weighted by Crippen LogP contribution is -2.11.